The molecule has 2 heterocycles. The Morgan fingerprint density at radius 3 is 2.80 bits per heavy atom. The van der Waals surface area contributed by atoms with E-state index in [4.69, 9.17) is 0 Å². The van der Waals surface area contributed by atoms with Gasteiger partial charge in [0, 0.05) is 6.04 Å². The number of aromatic nitrogens is 2. The van der Waals surface area contributed by atoms with Crippen molar-refractivity contribution >= 4 is 20.9 Å². The second-order valence-corrected chi connectivity index (χ2v) is 7.85. The maximum Gasteiger partial charge on any atom is 0.151 e. The number of nitrogens with one attached hydrogen (secondary N) is 2. The molecule has 0 saturated carbocycles. The molecule has 1 saturated heterocycles. The summed E-state index contributed by atoms with van der Waals surface area (Å²) in [6, 6.07) is 4.22. The zero-order valence-electron chi connectivity index (χ0n) is 11.7. The lowest BCUT2D eigenvalue weighted by molar-refractivity contribution is 0.544. The molecule has 0 aliphatic carbocycles. The highest BCUT2D eigenvalue weighted by atomic mass is 32.2. The molecule has 108 valence electrons. The van der Waals surface area contributed by atoms with Gasteiger partial charge in [-0.2, -0.15) is 0 Å². The van der Waals surface area contributed by atoms with Crippen LogP contribution >= 0.6 is 0 Å². The first-order chi connectivity index (χ1) is 9.43. The topological polar surface area (TPSA) is 74.8 Å². The van der Waals surface area contributed by atoms with Crippen molar-refractivity contribution < 1.29 is 8.42 Å². The Morgan fingerprint density at radius 2 is 2.10 bits per heavy atom. The van der Waals surface area contributed by atoms with Crippen LogP contribution < -0.4 is 5.32 Å². The summed E-state index contributed by atoms with van der Waals surface area (Å²) in [7, 11) is -2.83. The van der Waals surface area contributed by atoms with Crippen LogP contribution in [-0.4, -0.2) is 35.9 Å². The van der Waals surface area contributed by atoms with Gasteiger partial charge in [-0.25, -0.2) is 13.4 Å². The van der Waals surface area contributed by atoms with Crippen molar-refractivity contribution in [3.8, 4) is 0 Å². The molecule has 3 rings (SSSR count). The van der Waals surface area contributed by atoms with Crippen LogP contribution in [0, 0.1) is 13.8 Å². The molecular formula is C14H19N3O2S. The molecule has 5 nitrogen and oxygen atoms in total. The van der Waals surface area contributed by atoms with Gasteiger partial charge in [0.05, 0.1) is 29.1 Å². The number of H-pyrrole nitrogens is 1. The Hall–Kier alpha value is -1.40. The van der Waals surface area contributed by atoms with Crippen molar-refractivity contribution in [2.75, 3.05) is 11.5 Å². The average Bonchev–Trinajstić information content (AvgIpc) is 2.90. The second-order valence-electron chi connectivity index (χ2n) is 5.62. The predicted octanol–water partition coefficient (Wildman–Crippen LogP) is 1.46. The van der Waals surface area contributed by atoms with E-state index in [0.717, 1.165) is 16.9 Å². The van der Waals surface area contributed by atoms with Crippen LogP contribution in [0.25, 0.3) is 11.0 Å². The monoisotopic (exact) mass is 293 g/mol. The highest BCUT2D eigenvalue weighted by Crippen LogP contribution is 2.17. The highest BCUT2D eigenvalue weighted by Gasteiger charge is 2.27. The summed E-state index contributed by atoms with van der Waals surface area (Å²) in [4.78, 5) is 7.83. The molecular weight excluding hydrogens is 274 g/mol. The number of nitrogens with zero attached hydrogens (tertiary/aromatic N) is 1. The summed E-state index contributed by atoms with van der Waals surface area (Å²) in [5, 5.41) is 3.27. The molecule has 2 aromatic rings. The number of aromatic amines is 1. The van der Waals surface area contributed by atoms with E-state index in [1.807, 2.05) is 0 Å². The number of rotatable bonds is 3. The minimum Gasteiger partial charge on any atom is -0.341 e. The zero-order chi connectivity index (χ0) is 14.3. The molecule has 0 amide bonds. The number of aryl methyl sites for hydroxylation is 2. The van der Waals surface area contributed by atoms with Crippen molar-refractivity contribution in [3.63, 3.8) is 0 Å². The Labute approximate surface area is 118 Å². The molecule has 1 atom stereocenters. The third-order valence-electron chi connectivity index (χ3n) is 3.94. The molecule has 0 spiro atoms. The zero-order valence-corrected chi connectivity index (χ0v) is 12.5. The summed E-state index contributed by atoms with van der Waals surface area (Å²) in [5.74, 6) is 1.39. The Balaban J connectivity index is 1.72. The maximum atomic E-state index is 11.4. The van der Waals surface area contributed by atoms with Gasteiger partial charge in [-0.05, 0) is 43.5 Å². The molecule has 20 heavy (non-hydrogen) atoms. The fourth-order valence-electron chi connectivity index (χ4n) is 2.60. The van der Waals surface area contributed by atoms with E-state index in [1.54, 1.807) is 0 Å². The minimum absolute atomic E-state index is 0.0525. The standard InChI is InChI=1S/C14H19N3O2S/c1-9-5-12-13(6-10(9)2)17-14(16-12)7-15-11-3-4-20(18,19)8-11/h5-6,11,15H,3-4,7-8H2,1-2H3,(H,16,17). The summed E-state index contributed by atoms with van der Waals surface area (Å²) < 4.78 is 22.8. The van der Waals surface area contributed by atoms with E-state index in [2.05, 4.69) is 41.3 Å². The molecule has 1 unspecified atom stereocenters. The predicted molar refractivity (Wildman–Crippen MR) is 79.5 cm³/mol. The van der Waals surface area contributed by atoms with E-state index < -0.39 is 9.84 Å². The van der Waals surface area contributed by atoms with Gasteiger partial charge in [0.15, 0.2) is 9.84 Å². The largest absolute Gasteiger partial charge is 0.341 e. The lowest BCUT2D eigenvalue weighted by atomic mass is 10.1. The summed E-state index contributed by atoms with van der Waals surface area (Å²) >= 11 is 0. The first-order valence-corrected chi connectivity index (χ1v) is 8.65. The van der Waals surface area contributed by atoms with Gasteiger partial charge in [0.25, 0.3) is 0 Å². The third kappa shape index (κ3) is 2.71. The van der Waals surface area contributed by atoms with Crippen molar-refractivity contribution in [3.05, 3.63) is 29.1 Å². The summed E-state index contributed by atoms with van der Waals surface area (Å²) in [6.45, 7) is 4.73. The van der Waals surface area contributed by atoms with Gasteiger partial charge in [0.1, 0.15) is 5.82 Å². The number of sulfone groups is 1. The molecule has 1 aliphatic heterocycles. The molecule has 0 bridgehead atoms. The van der Waals surface area contributed by atoms with Crippen molar-refractivity contribution in [2.24, 2.45) is 0 Å². The van der Waals surface area contributed by atoms with E-state index in [0.29, 0.717) is 18.7 Å². The van der Waals surface area contributed by atoms with E-state index in [-0.39, 0.29) is 11.8 Å². The van der Waals surface area contributed by atoms with E-state index in [9.17, 15) is 8.42 Å². The molecule has 1 aromatic carbocycles. The van der Waals surface area contributed by atoms with Gasteiger partial charge in [0.2, 0.25) is 0 Å². The number of benzene rings is 1. The van der Waals surface area contributed by atoms with Gasteiger partial charge >= 0.3 is 0 Å². The molecule has 1 aliphatic rings. The lowest BCUT2D eigenvalue weighted by Gasteiger charge is -2.08. The Morgan fingerprint density at radius 1 is 1.35 bits per heavy atom. The fraction of sp³-hybridized carbons (Fsp3) is 0.500. The quantitative estimate of drug-likeness (QED) is 0.898. The highest BCUT2D eigenvalue weighted by molar-refractivity contribution is 7.91. The number of hydrogen-bond acceptors (Lipinski definition) is 4. The smallest absolute Gasteiger partial charge is 0.151 e. The second kappa shape index (κ2) is 4.86. The van der Waals surface area contributed by atoms with Crippen molar-refractivity contribution in [2.45, 2.75) is 32.9 Å². The number of fused-ring (bicyclic) bond motifs is 1. The summed E-state index contributed by atoms with van der Waals surface area (Å²) in [6.07, 6.45) is 0.695. The van der Waals surface area contributed by atoms with Crippen molar-refractivity contribution in [1.82, 2.24) is 15.3 Å². The van der Waals surface area contributed by atoms with Gasteiger partial charge in [-0.1, -0.05) is 0 Å². The first kappa shape index (κ1) is 13.6. The van der Waals surface area contributed by atoms with Crippen LogP contribution in [0.1, 0.15) is 23.4 Å². The van der Waals surface area contributed by atoms with E-state index >= 15 is 0 Å². The molecule has 0 radical (unpaired) electrons. The molecule has 2 N–H and O–H groups in total. The average molecular weight is 293 g/mol. The lowest BCUT2D eigenvalue weighted by Crippen LogP contribution is -2.29. The minimum atomic E-state index is -2.83. The van der Waals surface area contributed by atoms with Crippen LogP contribution in [-0.2, 0) is 16.4 Å². The van der Waals surface area contributed by atoms with Gasteiger partial charge in [-0.3, -0.25) is 0 Å². The normalized spacial score (nSPS) is 21.6. The first-order valence-electron chi connectivity index (χ1n) is 6.82. The molecule has 6 heteroatoms. The van der Waals surface area contributed by atoms with E-state index in [1.165, 1.54) is 11.1 Å². The molecule has 1 fully saturated rings. The number of hydrogen-bond donors (Lipinski definition) is 2. The third-order valence-corrected chi connectivity index (χ3v) is 5.70. The van der Waals surface area contributed by atoms with Crippen LogP contribution in [0.3, 0.4) is 0 Å². The SMILES string of the molecule is Cc1cc2nc(CNC3CCS(=O)(=O)C3)[nH]c2cc1C. The fourth-order valence-corrected chi connectivity index (χ4v) is 4.31. The van der Waals surface area contributed by atoms with Gasteiger partial charge in [-0.15, -0.1) is 0 Å². The molecule has 1 aromatic heterocycles. The van der Waals surface area contributed by atoms with Crippen LogP contribution in [0.5, 0.6) is 0 Å². The Bertz CT molecular complexity index is 710. The summed E-state index contributed by atoms with van der Waals surface area (Å²) in [5.41, 5.74) is 4.46. The van der Waals surface area contributed by atoms with Crippen LogP contribution in [0.4, 0.5) is 0 Å². The Kier molecular flexibility index (Phi) is 3.30. The van der Waals surface area contributed by atoms with Crippen LogP contribution in [0.15, 0.2) is 12.1 Å². The number of imidazole rings is 1. The maximum absolute atomic E-state index is 11.4. The van der Waals surface area contributed by atoms with Crippen LogP contribution in [0.2, 0.25) is 0 Å². The van der Waals surface area contributed by atoms with Gasteiger partial charge < -0.3 is 10.3 Å². The van der Waals surface area contributed by atoms with Crippen molar-refractivity contribution in [1.29, 1.82) is 0 Å².